The van der Waals surface area contributed by atoms with Crippen molar-refractivity contribution in [2.75, 3.05) is 33.3 Å². The Morgan fingerprint density at radius 2 is 1.94 bits per heavy atom. The fourth-order valence-corrected chi connectivity index (χ4v) is 4.29. The first-order valence-corrected chi connectivity index (χ1v) is 10.4. The molecule has 2 aromatic rings. The minimum absolute atomic E-state index is 0. The molecule has 2 heterocycles. The number of nitrogens with two attached hydrogens (primary N) is 1. The third-order valence-electron chi connectivity index (χ3n) is 5.82. The quantitative estimate of drug-likeness (QED) is 0.348. The van der Waals surface area contributed by atoms with E-state index in [9.17, 15) is 4.79 Å². The van der Waals surface area contributed by atoms with Crippen LogP contribution in [-0.2, 0) is 17.8 Å². The monoisotopic (exact) mass is 535 g/mol. The number of hydrogen-bond donors (Lipinski definition) is 2. The van der Waals surface area contributed by atoms with Crippen molar-refractivity contribution in [1.82, 2.24) is 15.1 Å². The van der Waals surface area contributed by atoms with Crippen molar-refractivity contribution in [3.05, 3.63) is 71.3 Å². The van der Waals surface area contributed by atoms with E-state index in [0.29, 0.717) is 18.2 Å². The third-order valence-corrected chi connectivity index (χ3v) is 5.82. The number of likely N-dealkylation sites (tertiary alicyclic amines) is 1. The largest absolute Gasteiger partial charge is 0.373 e. The molecule has 1 amide bonds. The topological polar surface area (TPSA) is 83.2 Å². The van der Waals surface area contributed by atoms with E-state index in [2.05, 4.69) is 50.4 Å². The van der Waals surface area contributed by atoms with E-state index in [-0.39, 0.29) is 30.1 Å². The first kappa shape index (κ1) is 23.5. The average molecular weight is 535 g/mol. The predicted molar refractivity (Wildman–Crippen MR) is 133 cm³/mol. The van der Waals surface area contributed by atoms with Crippen LogP contribution in [-0.4, -0.2) is 67.1 Å². The lowest BCUT2D eigenvalue weighted by Gasteiger charge is -2.36. The van der Waals surface area contributed by atoms with Crippen LogP contribution in [0.4, 0.5) is 0 Å². The van der Waals surface area contributed by atoms with Gasteiger partial charge in [-0.05, 0) is 23.3 Å². The second kappa shape index (κ2) is 10.9. The Bertz CT molecular complexity index is 908. The molecule has 0 aliphatic carbocycles. The van der Waals surface area contributed by atoms with E-state index in [4.69, 9.17) is 10.5 Å². The number of carbonyl (C=O) groups is 1. The summed E-state index contributed by atoms with van der Waals surface area (Å²) in [6.45, 7) is 4.90. The lowest BCUT2D eigenvalue weighted by Crippen LogP contribution is -2.50. The molecule has 2 aliphatic heterocycles. The number of nitrogens with zero attached hydrogens (tertiary/aromatic N) is 3. The van der Waals surface area contributed by atoms with Crippen LogP contribution in [0.1, 0.15) is 21.5 Å². The molecule has 0 aromatic heterocycles. The highest BCUT2D eigenvalue weighted by Gasteiger charge is 2.41. The molecule has 166 valence electrons. The molecule has 31 heavy (non-hydrogen) atoms. The normalized spacial score (nSPS) is 21.3. The molecule has 2 aromatic carbocycles. The van der Waals surface area contributed by atoms with Gasteiger partial charge in [-0.25, -0.2) is 0 Å². The van der Waals surface area contributed by atoms with Gasteiger partial charge in [-0.3, -0.25) is 14.7 Å². The van der Waals surface area contributed by atoms with E-state index < -0.39 is 5.91 Å². The molecular weight excluding hydrogens is 505 g/mol. The number of aliphatic imine (C=N–C) groups is 1. The van der Waals surface area contributed by atoms with Gasteiger partial charge in [0.25, 0.3) is 0 Å². The standard InChI is InChI=1S/C23H29N5O2.HI/c1-25-23(26-13-18-8-5-9-19(12-18)22(24)29)28-15-20-21(16-28)30-11-10-27(20)14-17-6-3-2-4-7-17;/h2-9,12,20-21H,10-11,13-16H2,1H3,(H2,24,29)(H,25,26);1H. The first-order valence-electron chi connectivity index (χ1n) is 10.4. The van der Waals surface area contributed by atoms with Crippen LogP contribution in [0.3, 0.4) is 0 Å². The zero-order chi connectivity index (χ0) is 20.9. The number of hydrogen-bond acceptors (Lipinski definition) is 4. The highest BCUT2D eigenvalue weighted by Crippen LogP contribution is 2.24. The number of halogens is 1. The van der Waals surface area contributed by atoms with Gasteiger partial charge in [0.1, 0.15) is 0 Å². The SMILES string of the molecule is CN=C(NCc1cccc(C(N)=O)c1)N1CC2OCCN(Cc3ccccc3)C2C1.I. The maximum absolute atomic E-state index is 11.4. The van der Waals surface area contributed by atoms with Crippen molar-refractivity contribution in [2.45, 2.75) is 25.2 Å². The van der Waals surface area contributed by atoms with Crippen molar-refractivity contribution in [1.29, 1.82) is 0 Å². The summed E-state index contributed by atoms with van der Waals surface area (Å²) in [5.41, 5.74) is 8.22. The summed E-state index contributed by atoms with van der Waals surface area (Å²) in [7, 11) is 1.80. The Labute approximate surface area is 200 Å². The van der Waals surface area contributed by atoms with Crippen LogP contribution < -0.4 is 11.1 Å². The second-order valence-electron chi connectivity index (χ2n) is 7.80. The number of amides is 1. The molecule has 0 spiro atoms. The Kier molecular flexibility index (Phi) is 8.28. The van der Waals surface area contributed by atoms with E-state index in [1.54, 1.807) is 13.1 Å². The number of nitrogens with one attached hydrogen (secondary N) is 1. The first-order chi connectivity index (χ1) is 14.6. The fourth-order valence-electron chi connectivity index (χ4n) is 4.29. The van der Waals surface area contributed by atoms with Gasteiger partial charge in [0.05, 0.1) is 18.8 Å². The van der Waals surface area contributed by atoms with Crippen LogP contribution in [0.15, 0.2) is 59.6 Å². The number of primary amides is 1. The summed E-state index contributed by atoms with van der Waals surface area (Å²) in [6.07, 6.45) is 0.180. The number of ether oxygens (including phenoxy) is 1. The number of rotatable bonds is 5. The van der Waals surface area contributed by atoms with Crippen molar-refractivity contribution < 1.29 is 9.53 Å². The molecule has 2 saturated heterocycles. The van der Waals surface area contributed by atoms with Crippen molar-refractivity contribution in [2.24, 2.45) is 10.7 Å². The molecule has 2 atom stereocenters. The van der Waals surface area contributed by atoms with Crippen LogP contribution in [0.25, 0.3) is 0 Å². The molecule has 7 nitrogen and oxygen atoms in total. The summed E-state index contributed by atoms with van der Waals surface area (Å²) in [4.78, 5) is 20.7. The minimum atomic E-state index is -0.416. The lowest BCUT2D eigenvalue weighted by atomic mass is 10.1. The molecule has 2 unspecified atom stereocenters. The van der Waals surface area contributed by atoms with E-state index in [0.717, 1.165) is 44.3 Å². The fraction of sp³-hybridized carbons (Fsp3) is 0.391. The van der Waals surface area contributed by atoms with Gasteiger partial charge in [-0.2, -0.15) is 0 Å². The molecule has 4 rings (SSSR count). The summed E-state index contributed by atoms with van der Waals surface area (Å²) in [5, 5.41) is 3.42. The molecule has 0 radical (unpaired) electrons. The summed E-state index contributed by atoms with van der Waals surface area (Å²) in [5.74, 6) is 0.428. The van der Waals surface area contributed by atoms with Gasteiger partial charge in [0.2, 0.25) is 5.91 Å². The summed E-state index contributed by atoms with van der Waals surface area (Å²) >= 11 is 0. The van der Waals surface area contributed by atoms with Gasteiger partial charge >= 0.3 is 0 Å². The van der Waals surface area contributed by atoms with Gasteiger partial charge in [0, 0.05) is 45.3 Å². The molecule has 2 aliphatic rings. The Morgan fingerprint density at radius 3 is 2.68 bits per heavy atom. The average Bonchev–Trinajstić information content (AvgIpc) is 3.20. The number of fused-ring (bicyclic) bond motifs is 1. The molecule has 3 N–H and O–H groups in total. The summed E-state index contributed by atoms with van der Waals surface area (Å²) < 4.78 is 6.08. The van der Waals surface area contributed by atoms with Gasteiger partial charge in [0.15, 0.2) is 5.96 Å². The number of benzene rings is 2. The van der Waals surface area contributed by atoms with E-state index in [1.807, 2.05) is 18.2 Å². The van der Waals surface area contributed by atoms with Crippen molar-refractivity contribution >= 4 is 35.8 Å². The highest BCUT2D eigenvalue weighted by molar-refractivity contribution is 14.0. The van der Waals surface area contributed by atoms with Crippen molar-refractivity contribution in [3.63, 3.8) is 0 Å². The highest BCUT2D eigenvalue weighted by atomic mass is 127. The van der Waals surface area contributed by atoms with Crippen molar-refractivity contribution in [3.8, 4) is 0 Å². The lowest BCUT2D eigenvalue weighted by molar-refractivity contribution is -0.0502. The molecule has 2 fully saturated rings. The Balaban J connectivity index is 0.00000272. The molecular formula is C23H30IN5O2. The van der Waals surface area contributed by atoms with Gasteiger partial charge in [-0.15, -0.1) is 24.0 Å². The number of morpholine rings is 1. The smallest absolute Gasteiger partial charge is 0.248 e. The number of guanidine groups is 1. The molecule has 0 bridgehead atoms. The second-order valence-corrected chi connectivity index (χ2v) is 7.80. The van der Waals surface area contributed by atoms with Gasteiger partial charge in [-0.1, -0.05) is 42.5 Å². The summed E-state index contributed by atoms with van der Waals surface area (Å²) in [6, 6.07) is 18.3. The maximum Gasteiger partial charge on any atom is 0.248 e. The number of carbonyl (C=O) groups excluding carboxylic acids is 1. The van der Waals surface area contributed by atoms with Crippen LogP contribution in [0, 0.1) is 0 Å². The van der Waals surface area contributed by atoms with E-state index >= 15 is 0 Å². The zero-order valence-electron chi connectivity index (χ0n) is 17.7. The van der Waals surface area contributed by atoms with Crippen LogP contribution >= 0.6 is 24.0 Å². The maximum atomic E-state index is 11.4. The predicted octanol–water partition coefficient (Wildman–Crippen LogP) is 2.06. The Hall–Kier alpha value is -2.17. The van der Waals surface area contributed by atoms with Crippen LogP contribution in [0.5, 0.6) is 0 Å². The zero-order valence-corrected chi connectivity index (χ0v) is 20.1. The molecule has 0 saturated carbocycles. The van der Waals surface area contributed by atoms with Gasteiger partial charge < -0.3 is 20.7 Å². The van der Waals surface area contributed by atoms with E-state index in [1.165, 1.54) is 5.56 Å². The molecule has 8 heteroatoms. The Morgan fingerprint density at radius 1 is 1.16 bits per heavy atom. The minimum Gasteiger partial charge on any atom is -0.373 e. The van der Waals surface area contributed by atoms with Crippen LogP contribution in [0.2, 0.25) is 0 Å². The third kappa shape index (κ3) is 5.75.